The standard InChI is InChI=1S/C23H20F3N5O/c1-13-27-8-7-17(28-13)14-5-4-6-15(9-14)18-12-22(32)30-19-10-16(23(24,25)26)21(31(2)3)11-20(19)29-18/h4-11H,12H2,1-3H3,(H,30,32). The molecule has 0 saturated heterocycles. The minimum Gasteiger partial charge on any atom is -0.377 e. The summed E-state index contributed by atoms with van der Waals surface area (Å²) in [5, 5.41) is 2.56. The zero-order chi connectivity index (χ0) is 23.0. The van der Waals surface area contributed by atoms with Crippen molar-refractivity contribution in [1.82, 2.24) is 9.97 Å². The quantitative estimate of drug-likeness (QED) is 0.624. The molecule has 1 amide bonds. The third-order valence-corrected chi connectivity index (χ3v) is 5.03. The molecule has 1 N–H and O–H groups in total. The Kier molecular flexibility index (Phi) is 5.41. The number of aromatic nitrogens is 2. The van der Waals surface area contributed by atoms with Crippen LogP contribution in [0.15, 0.2) is 53.7 Å². The molecule has 0 bridgehead atoms. The molecule has 6 nitrogen and oxygen atoms in total. The van der Waals surface area contributed by atoms with Crippen molar-refractivity contribution in [3.63, 3.8) is 0 Å². The van der Waals surface area contributed by atoms with Crippen molar-refractivity contribution in [2.24, 2.45) is 4.99 Å². The minimum absolute atomic E-state index is 0.0271. The highest BCUT2D eigenvalue weighted by Crippen LogP contribution is 2.43. The van der Waals surface area contributed by atoms with E-state index in [0.717, 1.165) is 17.3 Å². The lowest BCUT2D eigenvalue weighted by Crippen LogP contribution is -2.18. The van der Waals surface area contributed by atoms with Crippen LogP contribution in [0.5, 0.6) is 0 Å². The van der Waals surface area contributed by atoms with E-state index in [2.05, 4.69) is 20.3 Å². The molecule has 164 valence electrons. The highest BCUT2D eigenvalue weighted by Gasteiger charge is 2.36. The van der Waals surface area contributed by atoms with Crippen LogP contribution in [-0.2, 0) is 11.0 Å². The number of carbonyl (C=O) groups excluding carboxylic acids is 1. The van der Waals surface area contributed by atoms with Gasteiger partial charge in [0.15, 0.2) is 0 Å². The summed E-state index contributed by atoms with van der Waals surface area (Å²) in [7, 11) is 3.06. The van der Waals surface area contributed by atoms with Crippen LogP contribution in [0.3, 0.4) is 0 Å². The molecule has 9 heteroatoms. The van der Waals surface area contributed by atoms with E-state index in [1.54, 1.807) is 19.2 Å². The number of aryl methyl sites for hydroxylation is 1. The fourth-order valence-electron chi connectivity index (χ4n) is 3.54. The van der Waals surface area contributed by atoms with Gasteiger partial charge in [-0.2, -0.15) is 13.2 Å². The summed E-state index contributed by atoms with van der Waals surface area (Å²) >= 11 is 0. The molecule has 3 aromatic rings. The van der Waals surface area contributed by atoms with Crippen LogP contribution in [0.1, 0.15) is 23.4 Å². The monoisotopic (exact) mass is 439 g/mol. The molecule has 1 aliphatic heterocycles. The summed E-state index contributed by atoms with van der Waals surface area (Å²) in [6.45, 7) is 1.79. The van der Waals surface area contributed by atoms with Gasteiger partial charge in [-0.05, 0) is 36.8 Å². The molecule has 2 heterocycles. The summed E-state index contributed by atoms with van der Waals surface area (Å²) in [5.74, 6) is 0.196. The van der Waals surface area contributed by atoms with E-state index in [1.165, 1.54) is 25.1 Å². The number of hydrogen-bond acceptors (Lipinski definition) is 5. The van der Waals surface area contributed by atoms with Crippen molar-refractivity contribution in [2.45, 2.75) is 19.5 Å². The maximum Gasteiger partial charge on any atom is 0.418 e. The predicted molar refractivity (Wildman–Crippen MR) is 117 cm³/mol. The number of anilines is 2. The zero-order valence-corrected chi connectivity index (χ0v) is 17.7. The summed E-state index contributed by atoms with van der Waals surface area (Å²) < 4.78 is 40.7. The molecule has 1 aromatic heterocycles. The Morgan fingerprint density at radius 3 is 2.50 bits per heavy atom. The number of nitrogens with zero attached hydrogens (tertiary/aromatic N) is 4. The van der Waals surface area contributed by atoms with E-state index in [0.29, 0.717) is 17.1 Å². The molecule has 1 aliphatic rings. The molecule has 0 atom stereocenters. The summed E-state index contributed by atoms with van der Waals surface area (Å²) in [4.78, 5) is 27.0. The van der Waals surface area contributed by atoms with E-state index in [1.807, 2.05) is 24.3 Å². The Labute approximate surface area is 182 Å². The molecule has 0 radical (unpaired) electrons. The molecule has 32 heavy (non-hydrogen) atoms. The molecule has 0 unspecified atom stereocenters. The lowest BCUT2D eigenvalue weighted by atomic mass is 10.0. The maximum atomic E-state index is 13.6. The minimum atomic E-state index is -4.57. The summed E-state index contributed by atoms with van der Waals surface area (Å²) in [6.07, 6.45) is -2.97. The lowest BCUT2D eigenvalue weighted by Gasteiger charge is -2.21. The highest BCUT2D eigenvalue weighted by molar-refractivity contribution is 6.17. The number of rotatable bonds is 3. The van der Waals surface area contributed by atoms with Crippen molar-refractivity contribution >= 4 is 28.7 Å². The second-order valence-corrected chi connectivity index (χ2v) is 7.63. The second-order valence-electron chi connectivity index (χ2n) is 7.63. The third-order valence-electron chi connectivity index (χ3n) is 5.03. The van der Waals surface area contributed by atoms with Crippen LogP contribution in [0.25, 0.3) is 11.3 Å². The SMILES string of the molecule is Cc1nccc(-c2cccc(C3=Nc4cc(N(C)C)c(C(F)(F)F)cc4NC(=O)C3)c2)n1. The normalized spacial score (nSPS) is 13.7. The molecule has 0 saturated carbocycles. The van der Waals surface area contributed by atoms with Gasteiger partial charge in [0.1, 0.15) is 5.82 Å². The number of hydrogen-bond donors (Lipinski definition) is 1. The van der Waals surface area contributed by atoms with Crippen LogP contribution in [0, 0.1) is 6.92 Å². The number of amides is 1. The largest absolute Gasteiger partial charge is 0.418 e. The number of aliphatic imine (C=N–C) groups is 1. The van der Waals surface area contributed by atoms with Crippen molar-refractivity contribution < 1.29 is 18.0 Å². The summed E-state index contributed by atoms with van der Waals surface area (Å²) in [5.41, 5.74) is 2.13. The molecule has 0 spiro atoms. The van der Waals surface area contributed by atoms with Gasteiger partial charge in [-0.3, -0.25) is 9.79 Å². The Morgan fingerprint density at radius 2 is 1.81 bits per heavy atom. The van der Waals surface area contributed by atoms with E-state index in [9.17, 15) is 18.0 Å². The fourth-order valence-corrected chi connectivity index (χ4v) is 3.54. The average molecular weight is 439 g/mol. The number of benzene rings is 2. The van der Waals surface area contributed by atoms with Gasteiger partial charge in [-0.1, -0.05) is 18.2 Å². The Bertz CT molecular complexity index is 1230. The van der Waals surface area contributed by atoms with Crippen molar-refractivity contribution in [3.05, 3.63) is 65.6 Å². The van der Waals surface area contributed by atoms with E-state index in [4.69, 9.17) is 0 Å². The van der Waals surface area contributed by atoms with Gasteiger partial charge < -0.3 is 10.2 Å². The van der Waals surface area contributed by atoms with Gasteiger partial charge in [-0.25, -0.2) is 9.97 Å². The smallest absolute Gasteiger partial charge is 0.377 e. The molecular weight excluding hydrogens is 419 g/mol. The second kappa shape index (κ2) is 8.07. The van der Waals surface area contributed by atoms with E-state index < -0.39 is 17.6 Å². The third kappa shape index (κ3) is 4.32. The lowest BCUT2D eigenvalue weighted by molar-refractivity contribution is -0.137. The van der Waals surface area contributed by atoms with Crippen LogP contribution >= 0.6 is 0 Å². The van der Waals surface area contributed by atoms with Gasteiger partial charge in [0, 0.05) is 25.9 Å². The number of nitrogens with one attached hydrogen (secondary N) is 1. The van der Waals surface area contributed by atoms with Crippen LogP contribution in [0.4, 0.5) is 30.2 Å². The summed E-state index contributed by atoms with van der Waals surface area (Å²) in [6, 6.07) is 11.4. The Hall–Kier alpha value is -3.75. The first-order valence-electron chi connectivity index (χ1n) is 9.82. The zero-order valence-electron chi connectivity index (χ0n) is 17.7. The average Bonchev–Trinajstić information content (AvgIpc) is 2.89. The molecule has 4 rings (SSSR count). The molecular formula is C23H20F3N5O. The van der Waals surface area contributed by atoms with Crippen molar-refractivity contribution in [3.8, 4) is 11.3 Å². The number of halogens is 3. The van der Waals surface area contributed by atoms with Crippen molar-refractivity contribution in [1.29, 1.82) is 0 Å². The van der Waals surface area contributed by atoms with Crippen LogP contribution in [0.2, 0.25) is 0 Å². The Morgan fingerprint density at radius 1 is 1.06 bits per heavy atom. The Balaban J connectivity index is 1.83. The van der Waals surface area contributed by atoms with Crippen LogP contribution in [-0.4, -0.2) is 35.7 Å². The molecule has 0 fully saturated rings. The van der Waals surface area contributed by atoms with E-state index in [-0.39, 0.29) is 23.5 Å². The maximum absolute atomic E-state index is 13.6. The van der Waals surface area contributed by atoms with Gasteiger partial charge >= 0.3 is 6.18 Å². The van der Waals surface area contributed by atoms with Crippen LogP contribution < -0.4 is 10.2 Å². The first-order valence-corrected chi connectivity index (χ1v) is 9.82. The molecule has 0 aliphatic carbocycles. The van der Waals surface area contributed by atoms with Crippen molar-refractivity contribution in [2.75, 3.05) is 24.3 Å². The molecule has 2 aromatic carbocycles. The number of alkyl halides is 3. The van der Waals surface area contributed by atoms with Gasteiger partial charge in [0.25, 0.3) is 0 Å². The van der Waals surface area contributed by atoms with Gasteiger partial charge in [0.2, 0.25) is 5.91 Å². The topological polar surface area (TPSA) is 70.5 Å². The van der Waals surface area contributed by atoms with Gasteiger partial charge in [0.05, 0.1) is 40.5 Å². The fraction of sp³-hybridized carbons (Fsp3) is 0.217. The first-order chi connectivity index (χ1) is 15.1. The highest BCUT2D eigenvalue weighted by atomic mass is 19.4. The predicted octanol–water partition coefficient (Wildman–Crippen LogP) is 5.00. The number of fused-ring (bicyclic) bond motifs is 1. The first kappa shape index (κ1) is 21.5. The van der Waals surface area contributed by atoms with E-state index >= 15 is 0 Å². The van der Waals surface area contributed by atoms with Gasteiger partial charge in [-0.15, -0.1) is 0 Å². The number of carbonyl (C=O) groups is 1.